The molecule has 0 aliphatic heterocycles. The number of Topliss-reactive ketones (excluding diaryl/α,β-unsaturated/α-hetero) is 1. The Bertz CT molecular complexity index is 574. The molecule has 0 N–H and O–H groups in total. The smallest absolute Gasteiger partial charge is 0.168 e. The Morgan fingerprint density at radius 1 is 1.06 bits per heavy atom. The molecule has 18 heavy (non-hydrogen) atoms. The maximum atomic E-state index is 12.1. The lowest BCUT2D eigenvalue weighted by atomic mass is 10.0. The van der Waals surface area contributed by atoms with Crippen molar-refractivity contribution >= 4 is 29.0 Å². The SMILES string of the molecule is Cc1ccc(CC(=O)c2cccc(Cl)c2Cl)cc1. The zero-order valence-corrected chi connectivity index (χ0v) is 11.4. The van der Waals surface area contributed by atoms with Crippen LogP contribution in [-0.4, -0.2) is 5.78 Å². The van der Waals surface area contributed by atoms with Crippen LogP contribution in [0.2, 0.25) is 10.0 Å². The quantitative estimate of drug-likeness (QED) is 0.742. The number of hydrogen-bond acceptors (Lipinski definition) is 1. The molecule has 0 bridgehead atoms. The minimum Gasteiger partial charge on any atom is -0.294 e. The van der Waals surface area contributed by atoms with Crippen molar-refractivity contribution in [3.8, 4) is 0 Å². The number of aryl methyl sites for hydroxylation is 1. The molecule has 0 heterocycles. The summed E-state index contributed by atoms with van der Waals surface area (Å²) in [4.78, 5) is 12.1. The fraction of sp³-hybridized carbons (Fsp3) is 0.133. The van der Waals surface area contributed by atoms with Gasteiger partial charge in [-0.25, -0.2) is 0 Å². The van der Waals surface area contributed by atoms with Crippen LogP contribution in [0.15, 0.2) is 42.5 Å². The van der Waals surface area contributed by atoms with Crippen molar-refractivity contribution in [3.63, 3.8) is 0 Å². The fourth-order valence-corrected chi connectivity index (χ4v) is 2.11. The van der Waals surface area contributed by atoms with Crippen LogP contribution >= 0.6 is 23.2 Å². The number of benzene rings is 2. The molecule has 0 aliphatic rings. The van der Waals surface area contributed by atoms with Gasteiger partial charge in [0.1, 0.15) is 0 Å². The van der Waals surface area contributed by atoms with E-state index >= 15 is 0 Å². The van der Waals surface area contributed by atoms with Gasteiger partial charge in [-0.05, 0) is 24.6 Å². The van der Waals surface area contributed by atoms with E-state index in [4.69, 9.17) is 23.2 Å². The standard InChI is InChI=1S/C15H12Cl2O/c1-10-5-7-11(8-6-10)9-14(18)12-3-2-4-13(16)15(12)17/h2-8H,9H2,1H3. The summed E-state index contributed by atoms with van der Waals surface area (Å²) in [5.41, 5.74) is 2.62. The van der Waals surface area contributed by atoms with Crippen molar-refractivity contribution in [1.82, 2.24) is 0 Å². The third kappa shape index (κ3) is 2.92. The van der Waals surface area contributed by atoms with E-state index in [1.165, 1.54) is 5.56 Å². The largest absolute Gasteiger partial charge is 0.294 e. The third-order valence-corrected chi connectivity index (χ3v) is 3.56. The first-order valence-corrected chi connectivity index (χ1v) is 6.36. The molecule has 0 spiro atoms. The average Bonchev–Trinajstić information content (AvgIpc) is 2.35. The van der Waals surface area contributed by atoms with Crippen molar-refractivity contribution < 1.29 is 4.79 Å². The van der Waals surface area contributed by atoms with Crippen LogP contribution in [0.5, 0.6) is 0 Å². The highest BCUT2D eigenvalue weighted by Crippen LogP contribution is 2.26. The lowest BCUT2D eigenvalue weighted by Crippen LogP contribution is -2.04. The zero-order chi connectivity index (χ0) is 13.1. The minimum absolute atomic E-state index is 0.0219. The molecule has 0 radical (unpaired) electrons. The molecule has 0 unspecified atom stereocenters. The first kappa shape index (κ1) is 13.1. The van der Waals surface area contributed by atoms with Crippen LogP contribution in [0.4, 0.5) is 0 Å². The zero-order valence-electron chi connectivity index (χ0n) is 9.91. The third-order valence-electron chi connectivity index (χ3n) is 2.74. The average molecular weight is 279 g/mol. The van der Waals surface area contributed by atoms with Crippen LogP contribution in [0.3, 0.4) is 0 Å². The van der Waals surface area contributed by atoms with Gasteiger partial charge in [0.05, 0.1) is 10.0 Å². The van der Waals surface area contributed by atoms with Crippen molar-refractivity contribution in [1.29, 1.82) is 0 Å². The van der Waals surface area contributed by atoms with Gasteiger partial charge in [-0.1, -0.05) is 59.1 Å². The predicted molar refractivity (Wildman–Crippen MR) is 75.7 cm³/mol. The second-order valence-electron chi connectivity index (χ2n) is 4.19. The molecule has 92 valence electrons. The molecule has 1 nitrogen and oxygen atoms in total. The summed E-state index contributed by atoms with van der Waals surface area (Å²) in [7, 11) is 0. The number of rotatable bonds is 3. The lowest BCUT2D eigenvalue weighted by Gasteiger charge is -2.05. The maximum absolute atomic E-state index is 12.1. The van der Waals surface area contributed by atoms with E-state index < -0.39 is 0 Å². The second-order valence-corrected chi connectivity index (χ2v) is 4.97. The van der Waals surface area contributed by atoms with Crippen molar-refractivity contribution in [2.45, 2.75) is 13.3 Å². The van der Waals surface area contributed by atoms with Gasteiger partial charge in [-0.15, -0.1) is 0 Å². The molecule has 3 heteroatoms. The van der Waals surface area contributed by atoms with E-state index in [1.807, 2.05) is 31.2 Å². The Morgan fingerprint density at radius 3 is 2.39 bits per heavy atom. The molecular formula is C15H12Cl2O. The van der Waals surface area contributed by atoms with E-state index in [0.29, 0.717) is 22.0 Å². The highest BCUT2D eigenvalue weighted by atomic mass is 35.5. The molecule has 0 fully saturated rings. The summed E-state index contributed by atoms with van der Waals surface area (Å²) >= 11 is 11.9. The Morgan fingerprint density at radius 2 is 1.72 bits per heavy atom. The van der Waals surface area contributed by atoms with Gasteiger partial charge in [0.15, 0.2) is 5.78 Å². The minimum atomic E-state index is -0.0219. The van der Waals surface area contributed by atoms with E-state index in [9.17, 15) is 4.79 Å². The molecule has 0 amide bonds. The Balaban J connectivity index is 2.22. The van der Waals surface area contributed by atoms with Gasteiger partial charge in [0.2, 0.25) is 0 Å². The summed E-state index contributed by atoms with van der Waals surface area (Å²) in [6.45, 7) is 2.01. The highest BCUT2D eigenvalue weighted by molar-refractivity contribution is 6.43. The van der Waals surface area contributed by atoms with E-state index in [-0.39, 0.29) is 5.78 Å². The van der Waals surface area contributed by atoms with Crippen LogP contribution in [-0.2, 0) is 6.42 Å². The van der Waals surface area contributed by atoms with Crippen molar-refractivity contribution in [3.05, 3.63) is 69.2 Å². The topological polar surface area (TPSA) is 17.1 Å². The number of carbonyl (C=O) groups is 1. The Hall–Kier alpha value is -1.31. The molecule has 2 aromatic carbocycles. The van der Waals surface area contributed by atoms with Gasteiger partial charge >= 0.3 is 0 Å². The van der Waals surface area contributed by atoms with Gasteiger partial charge in [0.25, 0.3) is 0 Å². The summed E-state index contributed by atoms with van der Waals surface area (Å²) in [6.07, 6.45) is 0.334. The lowest BCUT2D eigenvalue weighted by molar-refractivity contribution is 0.0993. The maximum Gasteiger partial charge on any atom is 0.168 e. The van der Waals surface area contributed by atoms with E-state index in [1.54, 1.807) is 18.2 Å². The van der Waals surface area contributed by atoms with Gasteiger partial charge in [0, 0.05) is 12.0 Å². The van der Waals surface area contributed by atoms with Gasteiger partial charge in [-0.3, -0.25) is 4.79 Å². The summed E-state index contributed by atoms with van der Waals surface area (Å²) < 4.78 is 0. The first-order valence-electron chi connectivity index (χ1n) is 5.60. The summed E-state index contributed by atoms with van der Waals surface area (Å²) in [5, 5.41) is 0.739. The molecule has 0 aliphatic carbocycles. The van der Waals surface area contributed by atoms with Crippen molar-refractivity contribution in [2.24, 2.45) is 0 Å². The Labute approximate surface area is 116 Å². The molecular weight excluding hydrogens is 267 g/mol. The van der Waals surface area contributed by atoms with Crippen LogP contribution in [0, 0.1) is 6.92 Å². The molecule has 0 aromatic heterocycles. The Kier molecular flexibility index (Phi) is 4.05. The number of halogens is 2. The van der Waals surface area contributed by atoms with Gasteiger partial charge in [-0.2, -0.15) is 0 Å². The monoisotopic (exact) mass is 278 g/mol. The predicted octanol–water partition coefficient (Wildman–Crippen LogP) is 4.73. The molecule has 0 saturated heterocycles. The molecule has 2 aromatic rings. The van der Waals surface area contributed by atoms with Crippen LogP contribution in [0.25, 0.3) is 0 Å². The normalized spacial score (nSPS) is 10.4. The van der Waals surface area contributed by atoms with Crippen molar-refractivity contribution in [2.75, 3.05) is 0 Å². The first-order chi connectivity index (χ1) is 8.58. The summed E-state index contributed by atoms with van der Waals surface area (Å²) in [6, 6.07) is 13.0. The van der Waals surface area contributed by atoms with Gasteiger partial charge < -0.3 is 0 Å². The number of carbonyl (C=O) groups excluding carboxylic acids is 1. The van der Waals surface area contributed by atoms with E-state index in [2.05, 4.69) is 0 Å². The fourth-order valence-electron chi connectivity index (χ4n) is 1.71. The highest BCUT2D eigenvalue weighted by Gasteiger charge is 2.12. The van der Waals surface area contributed by atoms with Crippen LogP contribution < -0.4 is 0 Å². The molecule has 2 rings (SSSR count). The number of ketones is 1. The number of hydrogen-bond donors (Lipinski definition) is 0. The molecule has 0 saturated carbocycles. The molecule has 0 atom stereocenters. The van der Waals surface area contributed by atoms with E-state index in [0.717, 1.165) is 5.56 Å². The second kappa shape index (κ2) is 5.55. The van der Waals surface area contributed by atoms with Crippen LogP contribution in [0.1, 0.15) is 21.5 Å². The summed E-state index contributed by atoms with van der Waals surface area (Å²) in [5.74, 6) is -0.0219.